The van der Waals surface area contributed by atoms with Crippen LogP contribution < -0.4 is 5.32 Å². The smallest absolute Gasteiger partial charge is 0.253 e. The van der Waals surface area contributed by atoms with E-state index in [0.29, 0.717) is 12.1 Å². The predicted octanol–water partition coefficient (Wildman–Crippen LogP) is 4.82. The van der Waals surface area contributed by atoms with Crippen LogP contribution in [0.25, 0.3) is 0 Å². The average Bonchev–Trinajstić information content (AvgIpc) is 3.40. The zero-order valence-electron chi connectivity index (χ0n) is 21.9. The molecule has 2 aromatic heterocycles. The number of nitrogens with one attached hydrogen (secondary N) is 1. The minimum atomic E-state index is -0.547. The second kappa shape index (κ2) is 12.6. The maximum Gasteiger partial charge on any atom is 0.253 e. The van der Waals surface area contributed by atoms with E-state index >= 15 is 0 Å². The summed E-state index contributed by atoms with van der Waals surface area (Å²) in [5.41, 5.74) is 4.32. The van der Waals surface area contributed by atoms with Crippen molar-refractivity contribution in [2.24, 2.45) is 13.0 Å². The summed E-state index contributed by atoms with van der Waals surface area (Å²) in [6.07, 6.45) is 6.12. The number of aromatic nitrogens is 3. The standard InChI is InChI=1S/C30H32N4O4S/c1-20-26(19-39-30-32-14-15-34(30)2)37-29(38-27(20)23-9-7-22(18-35)8-10-23)24-11-5-21(6-12-24)16-33-28(36)25-4-3-13-31-17-25/h3-15,17,20,26-27,29,35H,16,18-19H2,1-2H3,(H,33,36). The number of pyridine rings is 1. The quantitative estimate of drug-likeness (QED) is 0.292. The zero-order valence-corrected chi connectivity index (χ0v) is 22.8. The molecule has 3 heterocycles. The first-order valence-corrected chi connectivity index (χ1v) is 13.9. The van der Waals surface area contributed by atoms with Crippen LogP contribution in [0.4, 0.5) is 0 Å². The molecule has 5 rings (SSSR count). The Hall–Kier alpha value is -3.50. The van der Waals surface area contributed by atoms with E-state index in [4.69, 9.17) is 9.47 Å². The van der Waals surface area contributed by atoms with Crippen LogP contribution in [0.2, 0.25) is 0 Å². The lowest BCUT2D eigenvalue weighted by atomic mass is 9.91. The molecule has 1 aliphatic heterocycles. The molecule has 9 heteroatoms. The lowest BCUT2D eigenvalue weighted by Gasteiger charge is -2.41. The Morgan fingerprint density at radius 2 is 1.77 bits per heavy atom. The summed E-state index contributed by atoms with van der Waals surface area (Å²) < 4.78 is 15.1. The van der Waals surface area contributed by atoms with Crippen molar-refractivity contribution in [3.63, 3.8) is 0 Å². The summed E-state index contributed by atoms with van der Waals surface area (Å²) >= 11 is 1.67. The summed E-state index contributed by atoms with van der Waals surface area (Å²) in [6.45, 7) is 2.56. The Kier molecular flexibility index (Phi) is 8.73. The maximum absolute atomic E-state index is 12.4. The van der Waals surface area contributed by atoms with Crippen molar-refractivity contribution < 1.29 is 19.4 Å². The highest BCUT2D eigenvalue weighted by molar-refractivity contribution is 7.99. The van der Waals surface area contributed by atoms with Gasteiger partial charge in [0.15, 0.2) is 11.4 Å². The minimum absolute atomic E-state index is 0.00502. The number of nitrogens with zero attached hydrogens (tertiary/aromatic N) is 3. The first-order chi connectivity index (χ1) is 19.0. The number of aliphatic hydroxyl groups is 1. The number of thioether (sulfide) groups is 1. The Bertz CT molecular complexity index is 1360. The third kappa shape index (κ3) is 6.57. The first-order valence-electron chi connectivity index (χ1n) is 12.9. The number of carbonyl (C=O) groups excluding carboxylic acids is 1. The van der Waals surface area contributed by atoms with Gasteiger partial charge in [-0.15, -0.1) is 0 Å². The largest absolute Gasteiger partial charge is 0.392 e. The van der Waals surface area contributed by atoms with Gasteiger partial charge in [-0.2, -0.15) is 0 Å². The van der Waals surface area contributed by atoms with E-state index in [1.54, 1.807) is 42.5 Å². The molecule has 1 saturated heterocycles. The summed E-state index contributed by atoms with van der Waals surface area (Å²) in [5.74, 6) is 0.662. The number of amides is 1. The predicted molar refractivity (Wildman–Crippen MR) is 149 cm³/mol. The second-order valence-electron chi connectivity index (χ2n) is 9.62. The third-order valence-corrected chi connectivity index (χ3v) is 8.05. The van der Waals surface area contributed by atoms with Crippen molar-refractivity contribution in [2.75, 3.05) is 5.75 Å². The number of aryl methyl sites for hydroxylation is 1. The average molecular weight is 545 g/mol. The van der Waals surface area contributed by atoms with Crippen LogP contribution in [-0.2, 0) is 29.7 Å². The zero-order chi connectivity index (χ0) is 27.2. The molecule has 1 amide bonds. The van der Waals surface area contributed by atoms with E-state index in [2.05, 4.69) is 22.2 Å². The van der Waals surface area contributed by atoms with Gasteiger partial charge in [-0.05, 0) is 28.8 Å². The van der Waals surface area contributed by atoms with Crippen LogP contribution in [0.3, 0.4) is 0 Å². The van der Waals surface area contributed by atoms with E-state index in [1.165, 1.54) is 0 Å². The molecule has 0 bridgehead atoms. The van der Waals surface area contributed by atoms with Crippen LogP contribution in [-0.4, -0.2) is 37.4 Å². The molecule has 0 saturated carbocycles. The molecule has 2 N–H and O–H groups in total. The molecule has 4 atom stereocenters. The SMILES string of the molecule is CC1C(CSc2nccn2C)OC(c2ccc(CNC(=O)c3cccnc3)cc2)OC1c1ccc(CO)cc1. The molecule has 39 heavy (non-hydrogen) atoms. The monoisotopic (exact) mass is 544 g/mol. The number of imidazole rings is 1. The number of hydrogen-bond acceptors (Lipinski definition) is 7. The Morgan fingerprint density at radius 3 is 2.44 bits per heavy atom. The van der Waals surface area contributed by atoms with Gasteiger partial charge in [-0.25, -0.2) is 4.98 Å². The molecule has 1 aliphatic rings. The van der Waals surface area contributed by atoms with Crippen LogP contribution in [0, 0.1) is 5.92 Å². The highest BCUT2D eigenvalue weighted by atomic mass is 32.2. The molecule has 2 aromatic carbocycles. The Labute approximate surface area is 232 Å². The van der Waals surface area contributed by atoms with Gasteiger partial charge in [0.25, 0.3) is 5.91 Å². The number of carbonyl (C=O) groups is 1. The second-order valence-corrected chi connectivity index (χ2v) is 10.6. The van der Waals surface area contributed by atoms with Crippen LogP contribution in [0.5, 0.6) is 0 Å². The maximum atomic E-state index is 12.4. The summed E-state index contributed by atoms with van der Waals surface area (Å²) in [5, 5.41) is 13.3. The molecule has 4 aromatic rings. The van der Waals surface area contributed by atoms with Crippen molar-refractivity contribution >= 4 is 17.7 Å². The molecule has 0 radical (unpaired) electrons. The van der Waals surface area contributed by atoms with Gasteiger partial charge in [0.2, 0.25) is 0 Å². The Morgan fingerprint density at radius 1 is 1.03 bits per heavy atom. The van der Waals surface area contributed by atoms with E-state index in [-0.39, 0.29) is 30.6 Å². The van der Waals surface area contributed by atoms with Gasteiger partial charge in [-0.1, -0.05) is 67.2 Å². The molecule has 202 valence electrons. The van der Waals surface area contributed by atoms with Crippen molar-refractivity contribution in [1.82, 2.24) is 19.9 Å². The molecule has 1 fully saturated rings. The first kappa shape index (κ1) is 27.1. The fourth-order valence-electron chi connectivity index (χ4n) is 4.53. The van der Waals surface area contributed by atoms with Crippen molar-refractivity contribution in [1.29, 1.82) is 0 Å². The fourth-order valence-corrected chi connectivity index (χ4v) is 5.63. The van der Waals surface area contributed by atoms with Crippen LogP contribution >= 0.6 is 11.8 Å². The topological polar surface area (TPSA) is 98.5 Å². The number of ether oxygens (including phenoxy) is 2. The van der Waals surface area contributed by atoms with Crippen molar-refractivity contribution in [3.05, 3.63) is 113 Å². The summed E-state index contributed by atoms with van der Waals surface area (Å²) in [7, 11) is 1.98. The van der Waals surface area contributed by atoms with E-state index in [0.717, 1.165) is 33.2 Å². The van der Waals surface area contributed by atoms with Gasteiger partial charge in [-0.3, -0.25) is 9.78 Å². The number of hydrogen-bond donors (Lipinski definition) is 2. The molecule has 4 unspecified atom stereocenters. The molecule has 0 spiro atoms. The van der Waals surface area contributed by atoms with Gasteiger partial charge in [0.1, 0.15) is 0 Å². The van der Waals surface area contributed by atoms with Gasteiger partial charge in [0, 0.05) is 55.6 Å². The van der Waals surface area contributed by atoms with Gasteiger partial charge in [0.05, 0.1) is 24.4 Å². The Balaban J connectivity index is 1.30. The van der Waals surface area contributed by atoms with E-state index in [9.17, 15) is 9.90 Å². The number of benzene rings is 2. The van der Waals surface area contributed by atoms with Crippen LogP contribution in [0.1, 0.15) is 51.9 Å². The third-order valence-electron chi connectivity index (χ3n) is 6.91. The number of rotatable bonds is 9. The molecular formula is C30H32N4O4S. The van der Waals surface area contributed by atoms with Crippen molar-refractivity contribution in [2.45, 2.75) is 43.7 Å². The highest BCUT2D eigenvalue weighted by Gasteiger charge is 2.38. The van der Waals surface area contributed by atoms with Gasteiger partial charge < -0.3 is 24.5 Å². The minimum Gasteiger partial charge on any atom is -0.392 e. The molecule has 8 nitrogen and oxygen atoms in total. The lowest BCUT2D eigenvalue weighted by Crippen LogP contribution is -2.38. The molecular weight excluding hydrogens is 512 g/mol. The normalized spacial score (nSPS) is 21.0. The van der Waals surface area contributed by atoms with Gasteiger partial charge >= 0.3 is 0 Å². The van der Waals surface area contributed by atoms with E-state index in [1.807, 2.05) is 66.3 Å². The highest BCUT2D eigenvalue weighted by Crippen LogP contribution is 2.42. The summed E-state index contributed by atoms with van der Waals surface area (Å²) in [6, 6.07) is 19.3. The number of aliphatic hydroxyl groups excluding tert-OH is 1. The van der Waals surface area contributed by atoms with Crippen molar-refractivity contribution in [3.8, 4) is 0 Å². The fraction of sp³-hybridized carbons (Fsp3) is 0.300. The summed E-state index contributed by atoms with van der Waals surface area (Å²) in [4.78, 5) is 20.8. The molecule has 0 aliphatic carbocycles. The van der Waals surface area contributed by atoms with Crippen LogP contribution in [0.15, 0.2) is 90.6 Å². The van der Waals surface area contributed by atoms with E-state index < -0.39 is 6.29 Å². The lowest BCUT2D eigenvalue weighted by molar-refractivity contribution is -0.268.